The summed E-state index contributed by atoms with van der Waals surface area (Å²) in [5.74, 6) is -0.802. The zero-order valence-corrected chi connectivity index (χ0v) is 16.9. The summed E-state index contributed by atoms with van der Waals surface area (Å²) in [7, 11) is 1.21. The summed E-state index contributed by atoms with van der Waals surface area (Å²) in [5, 5.41) is 3.09. The fraction of sp³-hybridized carbons (Fsp3) is 0.267. The maximum absolute atomic E-state index is 13.0. The van der Waals surface area contributed by atoms with Gasteiger partial charge in [-0.1, -0.05) is 23.2 Å². The summed E-state index contributed by atoms with van der Waals surface area (Å²) >= 11 is 10.2. The Hall–Kier alpha value is -1.95. The molecule has 0 bridgehead atoms. The Kier molecular flexibility index (Phi) is 6.24. The molecule has 2 aromatic rings. The molecule has 1 aromatic heterocycles. The lowest BCUT2D eigenvalue weighted by molar-refractivity contribution is -0.137. The Balaban J connectivity index is 2.91. The van der Waals surface area contributed by atoms with E-state index in [2.05, 4.69) is 5.10 Å². The minimum Gasteiger partial charge on any atom is -0.611 e. The van der Waals surface area contributed by atoms with Crippen molar-refractivity contribution in [3.8, 4) is 5.69 Å². The number of carbonyl (C=O) groups excluding carboxylic acids is 2. The molecule has 1 atom stereocenters. The third-order valence-electron chi connectivity index (χ3n) is 3.64. The average Bonchev–Trinajstić information content (AvgIpc) is 2.92. The van der Waals surface area contributed by atoms with Gasteiger partial charge in [0.2, 0.25) is 4.90 Å². The number of nitrogens with two attached hydrogens (primary N) is 1. The zero-order valence-electron chi connectivity index (χ0n) is 14.6. The number of rotatable bonds is 4. The van der Waals surface area contributed by atoms with E-state index in [-0.39, 0.29) is 22.1 Å². The first-order valence-corrected chi connectivity index (χ1v) is 9.65. The van der Waals surface area contributed by atoms with Crippen molar-refractivity contribution >= 4 is 52.0 Å². The molecule has 0 saturated carbocycles. The molecule has 152 valence electrons. The van der Waals surface area contributed by atoms with Crippen LogP contribution >= 0.6 is 23.2 Å². The lowest BCUT2D eigenvalue weighted by Crippen LogP contribution is -2.34. The third kappa shape index (κ3) is 4.07. The van der Waals surface area contributed by atoms with Gasteiger partial charge < -0.3 is 10.3 Å². The normalized spacial score (nSPS) is 12.8. The SMILES string of the molecule is CC(=O)c1nn(-c2c(Cl)cc(C(F)(F)F)cc2Cl)c(N(C)C(N)=O)c1[S+](C)[O-]. The standard InChI is InChI=1S/C15H13Cl2F3N4O3S/c1-6(25)10-12(28(3)27)13(23(2)14(21)26)24(22-10)11-8(16)4-7(5-9(11)17)15(18,19)20/h4-5H,1-3H3,(H2,21,26). The highest BCUT2D eigenvalue weighted by molar-refractivity contribution is 7.91. The molecular weight excluding hydrogens is 444 g/mol. The highest BCUT2D eigenvalue weighted by Gasteiger charge is 2.36. The monoisotopic (exact) mass is 456 g/mol. The van der Waals surface area contributed by atoms with Crippen molar-refractivity contribution < 1.29 is 27.3 Å². The van der Waals surface area contributed by atoms with Gasteiger partial charge in [-0.05, 0) is 23.3 Å². The molecule has 0 saturated heterocycles. The predicted molar refractivity (Wildman–Crippen MR) is 98.9 cm³/mol. The van der Waals surface area contributed by atoms with Crippen LogP contribution in [0.15, 0.2) is 17.0 Å². The minimum atomic E-state index is -4.70. The molecule has 2 rings (SSSR count). The number of primary amides is 1. The lowest BCUT2D eigenvalue weighted by Gasteiger charge is -2.19. The number of anilines is 1. The van der Waals surface area contributed by atoms with Crippen LogP contribution in [-0.4, -0.2) is 39.5 Å². The van der Waals surface area contributed by atoms with Crippen molar-refractivity contribution in [2.75, 3.05) is 18.2 Å². The highest BCUT2D eigenvalue weighted by Crippen LogP contribution is 2.40. The fourth-order valence-corrected chi connectivity index (χ4v) is 3.96. The maximum atomic E-state index is 13.0. The minimum absolute atomic E-state index is 0.138. The van der Waals surface area contributed by atoms with Gasteiger partial charge >= 0.3 is 12.2 Å². The zero-order chi connectivity index (χ0) is 21.5. The van der Waals surface area contributed by atoms with Crippen LogP contribution in [0.3, 0.4) is 0 Å². The van der Waals surface area contributed by atoms with Crippen molar-refractivity contribution in [2.45, 2.75) is 18.0 Å². The Morgan fingerprint density at radius 3 is 2.14 bits per heavy atom. The first kappa shape index (κ1) is 22.3. The Morgan fingerprint density at radius 2 is 1.79 bits per heavy atom. The van der Waals surface area contributed by atoms with Gasteiger partial charge in [0, 0.05) is 14.0 Å². The molecule has 13 heteroatoms. The van der Waals surface area contributed by atoms with Gasteiger partial charge in [0.15, 0.2) is 17.3 Å². The number of urea groups is 1. The first-order chi connectivity index (χ1) is 12.8. The fourth-order valence-electron chi connectivity index (χ4n) is 2.38. The molecule has 2 N–H and O–H groups in total. The second kappa shape index (κ2) is 7.82. The van der Waals surface area contributed by atoms with E-state index in [9.17, 15) is 27.3 Å². The summed E-state index contributed by atoms with van der Waals surface area (Å²) in [6, 6.07) is 0.241. The van der Waals surface area contributed by atoms with Crippen LogP contribution in [0.4, 0.5) is 23.8 Å². The molecule has 0 radical (unpaired) electrons. The smallest absolute Gasteiger partial charge is 0.416 e. The van der Waals surface area contributed by atoms with Crippen LogP contribution in [0.25, 0.3) is 5.69 Å². The maximum Gasteiger partial charge on any atom is 0.416 e. The summed E-state index contributed by atoms with van der Waals surface area (Å²) < 4.78 is 52.1. The predicted octanol–water partition coefficient (Wildman–Crippen LogP) is 3.65. The molecule has 0 spiro atoms. The van der Waals surface area contributed by atoms with Crippen molar-refractivity contribution in [1.82, 2.24) is 9.78 Å². The molecular formula is C15H13Cl2F3N4O3S. The van der Waals surface area contributed by atoms with Gasteiger partial charge in [0.25, 0.3) is 0 Å². The highest BCUT2D eigenvalue weighted by atomic mass is 35.5. The number of Topliss-reactive ketones (excluding diaryl/α,β-unsaturated/α-hetero) is 1. The topological polar surface area (TPSA) is 104 Å². The summed E-state index contributed by atoms with van der Waals surface area (Å²) in [4.78, 5) is 24.4. The number of hydrogen-bond donors (Lipinski definition) is 1. The average molecular weight is 457 g/mol. The van der Waals surface area contributed by atoms with E-state index in [0.717, 1.165) is 16.5 Å². The molecule has 0 aliphatic heterocycles. The number of carbonyl (C=O) groups is 2. The Morgan fingerprint density at radius 1 is 1.29 bits per heavy atom. The van der Waals surface area contributed by atoms with E-state index < -0.39 is 44.8 Å². The first-order valence-electron chi connectivity index (χ1n) is 7.34. The molecule has 1 heterocycles. The van der Waals surface area contributed by atoms with Crippen molar-refractivity contribution in [2.24, 2.45) is 5.73 Å². The number of aromatic nitrogens is 2. The van der Waals surface area contributed by atoms with Crippen molar-refractivity contribution in [3.63, 3.8) is 0 Å². The van der Waals surface area contributed by atoms with Crippen LogP contribution in [0.1, 0.15) is 23.0 Å². The third-order valence-corrected chi connectivity index (χ3v) is 5.17. The number of halogens is 5. The summed E-state index contributed by atoms with van der Waals surface area (Å²) in [5.41, 5.74) is 3.67. The van der Waals surface area contributed by atoms with Gasteiger partial charge in [-0.25, -0.2) is 9.48 Å². The van der Waals surface area contributed by atoms with Crippen LogP contribution in [0.5, 0.6) is 0 Å². The number of alkyl halides is 3. The molecule has 7 nitrogen and oxygen atoms in total. The quantitative estimate of drug-likeness (QED) is 0.559. The number of amides is 2. The van der Waals surface area contributed by atoms with Crippen LogP contribution in [0.2, 0.25) is 10.0 Å². The van der Waals surface area contributed by atoms with Gasteiger partial charge in [-0.15, -0.1) is 0 Å². The molecule has 0 aliphatic rings. The number of ketones is 1. The van der Waals surface area contributed by atoms with E-state index >= 15 is 0 Å². The number of hydrogen-bond acceptors (Lipinski definition) is 4. The summed E-state index contributed by atoms with van der Waals surface area (Å²) in [6.45, 7) is 1.15. The second-order valence-electron chi connectivity index (χ2n) is 5.61. The van der Waals surface area contributed by atoms with Gasteiger partial charge in [-0.2, -0.15) is 18.3 Å². The molecule has 28 heavy (non-hydrogen) atoms. The van der Waals surface area contributed by atoms with Crippen LogP contribution in [0, 0.1) is 0 Å². The van der Waals surface area contributed by atoms with E-state index in [4.69, 9.17) is 28.9 Å². The van der Waals surface area contributed by atoms with E-state index in [0.29, 0.717) is 12.1 Å². The Labute approximate surface area is 170 Å². The summed E-state index contributed by atoms with van der Waals surface area (Å²) in [6.07, 6.45) is -3.47. The van der Waals surface area contributed by atoms with Gasteiger partial charge in [-0.3, -0.25) is 9.69 Å². The Bertz CT molecular complexity index is 940. The lowest BCUT2D eigenvalue weighted by atomic mass is 10.2. The molecule has 0 aliphatic carbocycles. The van der Waals surface area contributed by atoms with Gasteiger partial charge in [0.1, 0.15) is 11.9 Å². The second-order valence-corrected chi connectivity index (χ2v) is 7.74. The molecule has 0 fully saturated rings. The van der Waals surface area contributed by atoms with E-state index in [1.54, 1.807) is 0 Å². The number of nitrogens with zero attached hydrogens (tertiary/aromatic N) is 3. The number of benzene rings is 1. The van der Waals surface area contributed by atoms with Crippen molar-refractivity contribution in [3.05, 3.63) is 33.4 Å². The molecule has 1 unspecified atom stereocenters. The van der Waals surface area contributed by atoms with E-state index in [1.807, 2.05) is 0 Å². The molecule has 2 amide bonds. The van der Waals surface area contributed by atoms with Crippen molar-refractivity contribution in [1.29, 1.82) is 0 Å². The van der Waals surface area contributed by atoms with Crippen LogP contribution in [-0.2, 0) is 17.4 Å². The molecule has 1 aromatic carbocycles. The van der Waals surface area contributed by atoms with E-state index in [1.165, 1.54) is 13.3 Å². The van der Waals surface area contributed by atoms with Gasteiger partial charge in [0.05, 0.1) is 15.6 Å². The van der Waals surface area contributed by atoms with Crippen LogP contribution < -0.4 is 10.6 Å². The largest absolute Gasteiger partial charge is 0.611 e.